The lowest BCUT2D eigenvalue weighted by molar-refractivity contribution is -0.505. The number of allylic oxidation sites excluding steroid dienone is 1. The lowest BCUT2D eigenvalue weighted by Crippen LogP contribution is -2.47. The number of aliphatic imine (C=N–C) groups is 1. The Morgan fingerprint density at radius 1 is 1.07 bits per heavy atom. The summed E-state index contributed by atoms with van der Waals surface area (Å²) in [7, 11) is 0. The molecular weight excluding hydrogens is 540 g/mol. The Labute approximate surface area is 246 Å². The number of unbranched alkanes of at least 4 members (excludes halogenated alkanes) is 2. The van der Waals surface area contributed by atoms with Crippen molar-refractivity contribution in [1.29, 1.82) is 0 Å². The standard InChI is InChI=1S/C30H40N6O6/c1-20(2)42-26-13-12-25(32-33-26)35-17-15-34(16-18-35)14-8-5-9-19-41-24-11-7-6-10-23(24)28-27(30(37)38)21(3)31-22(4)29(28)36(39)40/h6-7,10-13,20,28-29H,5,8-9,14-19H2,1-4H3,(H,37,38). The van der Waals surface area contributed by atoms with Gasteiger partial charge in [-0.05, 0) is 65.6 Å². The van der Waals surface area contributed by atoms with Gasteiger partial charge in [0.1, 0.15) is 5.75 Å². The number of nitrogens with zero attached hydrogens (tertiary/aromatic N) is 6. The first kappa shape index (κ1) is 30.9. The number of para-hydroxylation sites is 1. The van der Waals surface area contributed by atoms with Crippen molar-refractivity contribution >= 4 is 17.5 Å². The Balaban J connectivity index is 1.24. The maximum absolute atomic E-state index is 12.1. The summed E-state index contributed by atoms with van der Waals surface area (Å²) in [4.78, 5) is 32.5. The van der Waals surface area contributed by atoms with E-state index in [1.807, 2.05) is 26.0 Å². The van der Waals surface area contributed by atoms with E-state index in [0.29, 0.717) is 23.8 Å². The van der Waals surface area contributed by atoms with Crippen LogP contribution in [0, 0.1) is 10.1 Å². The van der Waals surface area contributed by atoms with Crippen molar-refractivity contribution in [2.24, 2.45) is 4.99 Å². The minimum atomic E-state index is -1.27. The second kappa shape index (κ2) is 14.2. The number of anilines is 1. The quantitative estimate of drug-likeness (QED) is 0.208. The second-order valence-corrected chi connectivity index (χ2v) is 10.9. The number of piperazine rings is 1. The van der Waals surface area contributed by atoms with Gasteiger partial charge < -0.3 is 19.5 Å². The highest BCUT2D eigenvalue weighted by Crippen LogP contribution is 2.40. The molecule has 0 saturated carbocycles. The first-order chi connectivity index (χ1) is 20.2. The number of nitro groups is 1. The Bertz CT molecular complexity index is 1300. The molecule has 42 heavy (non-hydrogen) atoms. The Morgan fingerprint density at radius 2 is 1.81 bits per heavy atom. The zero-order chi connectivity index (χ0) is 30.2. The van der Waals surface area contributed by atoms with Crippen molar-refractivity contribution in [3.63, 3.8) is 0 Å². The molecule has 1 aromatic carbocycles. The molecule has 2 aromatic rings. The van der Waals surface area contributed by atoms with E-state index in [9.17, 15) is 20.0 Å². The van der Waals surface area contributed by atoms with Gasteiger partial charge in [-0.3, -0.25) is 20.0 Å². The Morgan fingerprint density at radius 3 is 2.45 bits per heavy atom. The van der Waals surface area contributed by atoms with Crippen LogP contribution in [0.4, 0.5) is 5.82 Å². The van der Waals surface area contributed by atoms with Crippen molar-refractivity contribution < 1.29 is 24.3 Å². The van der Waals surface area contributed by atoms with Crippen molar-refractivity contribution in [2.75, 3.05) is 44.2 Å². The van der Waals surface area contributed by atoms with Gasteiger partial charge in [-0.15, -0.1) is 10.2 Å². The first-order valence-electron chi connectivity index (χ1n) is 14.5. The minimum Gasteiger partial charge on any atom is -0.493 e. The monoisotopic (exact) mass is 580 g/mol. The number of carbonyl (C=O) groups is 1. The number of aliphatic carboxylic acids is 1. The highest BCUT2D eigenvalue weighted by molar-refractivity contribution is 5.97. The number of rotatable bonds is 13. The number of carboxylic acids is 1. The van der Waals surface area contributed by atoms with Gasteiger partial charge in [-0.1, -0.05) is 18.2 Å². The van der Waals surface area contributed by atoms with Crippen molar-refractivity contribution in [3.8, 4) is 11.6 Å². The Kier molecular flexibility index (Phi) is 10.5. The van der Waals surface area contributed by atoms with Gasteiger partial charge in [-0.25, -0.2) is 4.79 Å². The molecule has 1 saturated heterocycles. The van der Waals surface area contributed by atoms with Crippen LogP contribution in [-0.4, -0.2) is 88.3 Å². The van der Waals surface area contributed by atoms with Gasteiger partial charge in [0, 0.05) is 48.4 Å². The van der Waals surface area contributed by atoms with E-state index in [4.69, 9.17) is 9.47 Å². The van der Waals surface area contributed by atoms with Crippen LogP contribution in [0.3, 0.4) is 0 Å². The number of hydrogen-bond donors (Lipinski definition) is 1. The van der Waals surface area contributed by atoms with E-state index in [1.54, 1.807) is 38.1 Å². The van der Waals surface area contributed by atoms with E-state index < -0.39 is 22.9 Å². The topological polar surface area (TPSA) is 144 Å². The van der Waals surface area contributed by atoms with E-state index in [2.05, 4.69) is 25.0 Å². The van der Waals surface area contributed by atoms with Crippen LogP contribution in [0.5, 0.6) is 11.6 Å². The number of carboxylic acid groups (broad SMARTS) is 1. The zero-order valence-electron chi connectivity index (χ0n) is 24.7. The van der Waals surface area contributed by atoms with E-state index >= 15 is 0 Å². The number of benzene rings is 1. The molecule has 2 aliphatic rings. The van der Waals surface area contributed by atoms with Crippen LogP contribution in [0.25, 0.3) is 0 Å². The highest BCUT2D eigenvalue weighted by atomic mass is 16.6. The fourth-order valence-corrected chi connectivity index (χ4v) is 5.55. The maximum atomic E-state index is 12.1. The highest BCUT2D eigenvalue weighted by Gasteiger charge is 2.45. The molecule has 0 radical (unpaired) electrons. The number of aromatic nitrogens is 2. The van der Waals surface area contributed by atoms with Gasteiger partial charge in [0.15, 0.2) is 5.82 Å². The molecule has 226 valence electrons. The van der Waals surface area contributed by atoms with Gasteiger partial charge in [0.25, 0.3) is 6.04 Å². The molecule has 4 rings (SSSR count). The summed E-state index contributed by atoms with van der Waals surface area (Å²) in [6.45, 7) is 12.2. The van der Waals surface area contributed by atoms with Crippen LogP contribution in [-0.2, 0) is 4.79 Å². The second-order valence-electron chi connectivity index (χ2n) is 10.9. The fraction of sp³-hybridized carbons (Fsp3) is 0.533. The molecule has 2 aliphatic heterocycles. The average Bonchev–Trinajstić information content (AvgIpc) is 2.94. The lowest BCUT2D eigenvalue weighted by Gasteiger charge is -2.35. The van der Waals surface area contributed by atoms with Crippen LogP contribution in [0.2, 0.25) is 0 Å². The SMILES string of the molecule is CC1=NC(C)=C(C(=O)O)C(c2ccccc2OCCCCCN2CCN(c3ccc(OC(C)C)nn3)CC2)C1[N+](=O)[O-]. The smallest absolute Gasteiger partial charge is 0.334 e. The third kappa shape index (κ3) is 7.61. The molecule has 2 atom stereocenters. The lowest BCUT2D eigenvalue weighted by atomic mass is 9.80. The van der Waals surface area contributed by atoms with E-state index in [1.165, 1.54) is 0 Å². The summed E-state index contributed by atoms with van der Waals surface area (Å²) in [5.74, 6) is -0.320. The zero-order valence-corrected chi connectivity index (χ0v) is 24.7. The van der Waals surface area contributed by atoms with Crippen LogP contribution < -0.4 is 14.4 Å². The summed E-state index contributed by atoms with van der Waals surface area (Å²) in [6, 6.07) is 9.55. The summed E-state index contributed by atoms with van der Waals surface area (Å²) in [6.07, 6.45) is 2.88. The first-order valence-corrected chi connectivity index (χ1v) is 14.5. The third-order valence-electron chi connectivity index (χ3n) is 7.56. The Hall–Kier alpha value is -4.06. The third-order valence-corrected chi connectivity index (χ3v) is 7.56. The normalized spacial score (nSPS) is 19.5. The summed E-state index contributed by atoms with van der Waals surface area (Å²) in [5, 5.41) is 30.4. The van der Waals surface area contributed by atoms with E-state index in [0.717, 1.165) is 57.8 Å². The summed E-state index contributed by atoms with van der Waals surface area (Å²) >= 11 is 0. The van der Waals surface area contributed by atoms with Gasteiger partial charge in [0.2, 0.25) is 5.88 Å². The fourth-order valence-electron chi connectivity index (χ4n) is 5.55. The molecule has 1 aromatic heterocycles. The van der Waals surface area contributed by atoms with Crippen molar-refractivity contribution in [3.05, 3.63) is 63.3 Å². The molecule has 1 fully saturated rings. The van der Waals surface area contributed by atoms with E-state index in [-0.39, 0.29) is 23.1 Å². The minimum absolute atomic E-state index is 0.0645. The van der Waals surface area contributed by atoms with Crippen LogP contribution in [0.1, 0.15) is 58.4 Å². The molecule has 3 heterocycles. The summed E-state index contributed by atoms with van der Waals surface area (Å²) in [5.41, 5.74) is 0.989. The average molecular weight is 581 g/mol. The van der Waals surface area contributed by atoms with Crippen molar-refractivity contribution in [1.82, 2.24) is 15.1 Å². The summed E-state index contributed by atoms with van der Waals surface area (Å²) < 4.78 is 11.7. The van der Waals surface area contributed by atoms with Crippen molar-refractivity contribution in [2.45, 2.75) is 65.0 Å². The predicted molar refractivity (Wildman–Crippen MR) is 159 cm³/mol. The van der Waals surface area contributed by atoms with Crippen LogP contribution in [0.15, 0.2) is 52.7 Å². The molecule has 12 heteroatoms. The molecule has 0 aliphatic carbocycles. The molecule has 0 amide bonds. The number of hydrogen-bond acceptors (Lipinski definition) is 10. The van der Waals surface area contributed by atoms with Gasteiger partial charge in [0.05, 0.1) is 29.9 Å². The van der Waals surface area contributed by atoms with Gasteiger partial charge >= 0.3 is 5.97 Å². The molecule has 0 bridgehead atoms. The molecule has 1 N–H and O–H groups in total. The number of ether oxygens (including phenoxy) is 2. The molecule has 2 unspecified atom stereocenters. The predicted octanol–water partition coefficient (Wildman–Crippen LogP) is 4.20. The maximum Gasteiger partial charge on any atom is 0.334 e. The molecular formula is C30H40N6O6. The van der Waals surface area contributed by atoms with Gasteiger partial charge in [-0.2, -0.15) is 0 Å². The van der Waals surface area contributed by atoms with Crippen LogP contribution >= 0.6 is 0 Å². The molecule has 12 nitrogen and oxygen atoms in total. The largest absolute Gasteiger partial charge is 0.493 e. The molecule has 0 spiro atoms.